The molecule has 1 N–H and O–H groups in total. The molecular weight excluding hydrogens is 446 g/mol. The first-order valence-corrected chi connectivity index (χ1v) is 14.2. The van der Waals surface area contributed by atoms with Gasteiger partial charge in [0.25, 0.3) is 0 Å². The summed E-state index contributed by atoms with van der Waals surface area (Å²) in [5, 5.41) is 0. The van der Waals surface area contributed by atoms with E-state index in [-0.39, 0.29) is 20.6 Å². The minimum absolute atomic E-state index is 0.0346. The number of aryl methyl sites for hydroxylation is 1. The fraction of sp³-hybridized carbons (Fsp3) is 0.500. The zero-order valence-corrected chi connectivity index (χ0v) is 20.5. The molecule has 0 unspecified atom stereocenters. The topological polar surface area (TPSA) is 89.5 Å². The van der Waals surface area contributed by atoms with E-state index in [0.717, 1.165) is 31.2 Å². The van der Waals surface area contributed by atoms with Crippen LogP contribution in [0.25, 0.3) is 0 Å². The number of hydrogen-bond acceptors (Lipinski definition) is 5. The number of nitrogens with one attached hydrogen (secondary N) is 1. The summed E-state index contributed by atoms with van der Waals surface area (Å²) in [6.45, 7) is 7.45. The number of sulfone groups is 1. The van der Waals surface area contributed by atoms with E-state index in [2.05, 4.69) is 18.6 Å². The summed E-state index contributed by atoms with van der Waals surface area (Å²) in [5.41, 5.74) is 1.58. The van der Waals surface area contributed by atoms with E-state index in [0.29, 0.717) is 30.9 Å². The Morgan fingerprint density at radius 1 is 1.03 bits per heavy atom. The molecule has 0 saturated carbocycles. The number of ether oxygens (including phenoxy) is 1. The van der Waals surface area contributed by atoms with Crippen LogP contribution >= 0.6 is 0 Å². The Morgan fingerprint density at radius 2 is 1.69 bits per heavy atom. The van der Waals surface area contributed by atoms with Crippen molar-refractivity contribution in [3.63, 3.8) is 0 Å². The molecule has 4 rings (SSSR count). The van der Waals surface area contributed by atoms with Gasteiger partial charge in [0, 0.05) is 25.2 Å². The summed E-state index contributed by atoms with van der Waals surface area (Å²) in [4.78, 5) is 0.419. The molecule has 6 nitrogen and oxygen atoms in total. The van der Waals surface area contributed by atoms with E-state index < -0.39 is 25.3 Å². The van der Waals surface area contributed by atoms with Crippen LogP contribution in [0.15, 0.2) is 51.1 Å². The summed E-state index contributed by atoms with van der Waals surface area (Å²) < 4.78 is 61.6. The quantitative estimate of drug-likeness (QED) is 0.680. The summed E-state index contributed by atoms with van der Waals surface area (Å²) in [6, 6.07) is 10.3. The Labute approximate surface area is 191 Å². The molecule has 0 radical (unpaired) electrons. The fourth-order valence-corrected chi connectivity index (χ4v) is 8.49. The predicted octanol–water partition coefficient (Wildman–Crippen LogP) is 3.95. The summed E-state index contributed by atoms with van der Waals surface area (Å²) >= 11 is 0. The van der Waals surface area contributed by atoms with Crippen molar-refractivity contribution in [2.45, 2.75) is 66.6 Å². The molecule has 1 saturated heterocycles. The lowest BCUT2D eigenvalue weighted by Gasteiger charge is -2.40. The van der Waals surface area contributed by atoms with Crippen molar-refractivity contribution in [1.29, 1.82) is 0 Å². The van der Waals surface area contributed by atoms with Gasteiger partial charge in [0.2, 0.25) is 19.9 Å². The molecular formula is C24H31NO5S2. The Kier molecular flexibility index (Phi) is 6.26. The zero-order chi connectivity index (χ0) is 23.1. The van der Waals surface area contributed by atoms with Gasteiger partial charge in [-0.2, -0.15) is 0 Å². The van der Waals surface area contributed by atoms with E-state index in [1.165, 1.54) is 6.07 Å². The molecule has 1 fully saturated rings. The van der Waals surface area contributed by atoms with Crippen molar-refractivity contribution in [3.05, 3.63) is 53.1 Å². The van der Waals surface area contributed by atoms with E-state index >= 15 is 0 Å². The van der Waals surface area contributed by atoms with Crippen LogP contribution in [0, 0.1) is 12.8 Å². The summed E-state index contributed by atoms with van der Waals surface area (Å²) in [7, 11) is -7.69. The molecule has 0 aromatic heterocycles. The predicted molar refractivity (Wildman–Crippen MR) is 123 cm³/mol. The molecule has 2 aromatic rings. The largest absolute Gasteiger partial charge is 0.381 e. The smallest absolute Gasteiger partial charge is 0.240 e. The normalized spacial score (nSPS) is 19.8. The van der Waals surface area contributed by atoms with Gasteiger partial charge in [0.15, 0.2) is 0 Å². The molecule has 8 heteroatoms. The molecule has 0 bridgehead atoms. The monoisotopic (exact) mass is 477 g/mol. The molecule has 174 valence electrons. The lowest BCUT2D eigenvalue weighted by atomic mass is 9.70. The molecule has 0 amide bonds. The highest BCUT2D eigenvalue weighted by atomic mass is 32.2. The van der Waals surface area contributed by atoms with Crippen molar-refractivity contribution in [1.82, 2.24) is 4.72 Å². The minimum atomic E-state index is -3.86. The van der Waals surface area contributed by atoms with Gasteiger partial charge >= 0.3 is 0 Å². The van der Waals surface area contributed by atoms with Gasteiger partial charge in [-0.05, 0) is 67.3 Å². The first-order chi connectivity index (χ1) is 15.2. The maximum Gasteiger partial charge on any atom is 0.240 e. The summed E-state index contributed by atoms with van der Waals surface area (Å²) in [5.74, 6) is 0.222. The third kappa shape index (κ3) is 3.71. The van der Waals surface area contributed by atoms with Crippen LogP contribution in [0.1, 0.15) is 56.2 Å². The lowest BCUT2D eigenvalue weighted by molar-refractivity contribution is 0.0678. The highest BCUT2D eigenvalue weighted by Crippen LogP contribution is 2.50. The lowest BCUT2D eigenvalue weighted by Crippen LogP contribution is -2.36. The van der Waals surface area contributed by atoms with Crippen LogP contribution in [0.4, 0.5) is 0 Å². The minimum Gasteiger partial charge on any atom is -0.381 e. The molecule has 0 aliphatic carbocycles. The van der Waals surface area contributed by atoms with E-state index in [1.807, 2.05) is 12.1 Å². The number of fused-ring (bicyclic) bond motifs is 2. The van der Waals surface area contributed by atoms with Gasteiger partial charge in [-0.15, -0.1) is 0 Å². The molecule has 0 atom stereocenters. The van der Waals surface area contributed by atoms with Crippen molar-refractivity contribution in [3.8, 4) is 0 Å². The van der Waals surface area contributed by atoms with E-state index in [4.69, 9.17) is 4.74 Å². The molecule has 32 heavy (non-hydrogen) atoms. The second-order valence-corrected chi connectivity index (χ2v) is 12.4. The van der Waals surface area contributed by atoms with Crippen molar-refractivity contribution < 1.29 is 21.6 Å². The van der Waals surface area contributed by atoms with Crippen molar-refractivity contribution in [2.24, 2.45) is 5.92 Å². The highest BCUT2D eigenvalue weighted by Gasteiger charge is 2.45. The third-order valence-electron chi connectivity index (χ3n) is 7.17. The molecule has 2 aromatic carbocycles. The molecule has 2 aliphatic rings. The van der Waals surface area contributed by atoms with E-state index in [9.17, 15) is 16.8 Å². The molecule has 2 aliphatic heterocycles. The summed E-state index contributed by atoms with van der Waals surface area (Å²) in [6.07, 6.45) is 3.06. The van der Waals surface area contributed by atoms with Crippen molar-refractivity contribution >= 4 is 19.9 Å². The van der Waals surface area contributed by atoms with Gasteiger partial charge in [0.05, 0.1) is 14.7 Å². The standard InChI is InChI=1S/C24H31NO5S2/c1-4-24(5-2)19-8-6-7-9-21(19)31(26,27)23-15-22(17(3)14-20(23)24)32(28,29)25-16-18-10-12-30-13-11-18/h6-9,14-15,18,25H,4-5,10-13,16H2,1-3H3. The average Bonchev–Trinajstić information content (AvgIpc) is 2.79. The van der Waals surface area contributed by atoms with Crippen LogP contribution in [0.2, 0.25) is 0 Å². The van der Waals surface area contributed by atoms with Crippen LogP contribution in [-0.2, 0) is 30.0 Å². The zero-order valence-electron chi connectivity index (χ0n) is 18.8. The first kappa shape index (κ1) is 23.4. The number of sulfonamides is 1. The maximum atomic E-state index is 13.6. The maximum absolute atomic E-state index is 13.6. The van der Waals surface area contributed by atoms with Crippen molar-refractivity contribution in [2.75, 3.05) is 19.8 Å². The Hall–Kier alpha value is -1.74. The highest BCUT2D eigenvalue weighted by molar-refractivity contribution is 7.92. The van der Waals surface area contributed by atoms with Gasteiger partial charge in [-0.1, -0.05) is 38.1 Å². The second kappa shape index (κ2) is 8.56. The Balaban J connectivity index is 1.83. The van der Waals surface area contributed by atoms with Crippen LogP contribution in [-0.4, -0.2) is 36.6 Å². The Bertz CT molecular complexity index is 1230. The SMILES string of the molecule is CCC1(CC)c2ccccc2S(=O)(=O)c2cc(S(=O)(=O)NCC3CCOCC3)c(C)cc21. The molecule has 2 heterocycles. The van der Waals surface area contributed by atoms with Gasteiger partial charge in [-0.25, -0.2) is 21.6 Å². The fourth-order valence-electron chi connectivity index (χ4n) is 5.18. The second-order valence-electron chi connectivity index (χ2n) is 8.81. The average molecular weight is 478 g/mol. The Morgan fingerprint density at radius 3 is 2.34 bits per heavy atom. The third-order valence-corrected chi connectivity index (χ3v) is 10.6. The number of benzene rings is 2. The van der Waals surface area contributed by atoms with Gasteiger partial charge in [0.1, 0.15) is 0 Å². The first-order valence-electron chi connectivity index (χ1n) is 11.2. The number of rotatable bonds is 6. The van der Waals surface area contributed by atoms with Crippen LogP contribution in [0.3, 0.4) is 0 Å². The van der Waals surface area contributed by atoms with E-state index in [1.54, 1.807) is 25.1 Å². The van der Waals surface area contributed by atoms with Crippen LogP contribution in [0.5, 0.6) is 0 Å². The van der Waals surface area contributed by atoms with Crippen LogP contribution < -0.4 is 4.72 Å². The number of hydrogen-bond donors (Lipinski definition) is 1. The molecule has 0 spiro atoms. The van der Waals surface area contributed by atoms with Gasteiger partial charge in [-0.3, -0.25) is 0 Å². The van der Waals surface area contributed by atoms with Gasteiger partial charge < -0.3 is 4.74 Å².